The first-order valence-electron chi connectivity index (χ1n) is 10.4. The topological polar surface area (TPSA) is 46.3 Å². The molecule has 0 aromatic heterocycles. The summed E-state index contributed by atoms with van der Waals surface area (Å²) in [5, 5.41) is 0. The molecule has 0 spiro atoms. The number of rotatable bonds is 4. The van der Waals surface area contributed by atoms with Gasteiger partial charge in [-0.1, -0.05) is 61.7 Å². The molecule has 2 saturated carbocycles. The minimum Gasteiger partial charge on any atom is -0.399 e. The lowest BCUT2D eigenvalue weighted by molar-refractivity contribution is -0.114. The van der Waals surface area contributed by atoms with Crippen molar-refractivity contribution in [3.8, 4) is 0 Å². The summed E-state index contributed by atoms with van der Waals surface area (Å²) in [4.78, 5) is 15.5. The number of para-hydroxylation sites is 1. The van der Waals surface area contributed by atoms with Crippen LogP contribution in [0, 0.1) is 11.8 Å². The number of carbonyl (C=O) groups is 1. The number of nitrogens with two attached hydrogens (primary N) is 1. The van der Waals surface area contributed by atoms with Gasteiger partial charge in [0.2, 0.25) is 0 Å². The summed E-state index contributed by atoms with van der Waals surface area (Å²) in [5.41, 5.74) is 10.5. The first-order valence-corrected chi connectivity index (χ1v) is 10.4. The molecular formula is C25H26N2O. The summed E-state index contributed by atoms with van der Waals surface area (Å²) in [6, 6.07) is 16.4. The van der Waals surface area contributed by atoms with E-state index in [4.69, 9.17) is 5.73 Å². The van der Waals surface area contributed by atoms with Crippen molar-refractivity contribution < 1.29 is 4.79 Å². The maximum Gasteiger partial charge on any atom is 0.259 e. The van der Waals surface area contributed by atoms with Crippen molar-refractivity contribution in [2.45, 2.75) is 38.1 Å². The van der Waals surface area contributed by atoms with Crippen LogP contribution in [-0.2, 0) is 4.79 Å². The fraction of sp³-hybridized carbons (Fsp3) is 0.320. The number of hydrogen-bond acceptors (Lipinski definition) is 2. The summed E-state index contributed by atoms with van der Waals surface area (Å²) < 4.78 is 0. The van der Waals surface area contributed by atoms with E-state index < -0.39 is 0 Å². The Balaban J connectivity index is 1.43. The molecule has 0 saturated heterocycles. The standard InChI is InChI=1S/C25H26N2O/c26-19-13-11-17(12-14-19)5-3-9-22-21-8-1-2-10-23(21)27(25(22)28)24-16-15-20(24)18-6-4-7-18/h1-3,5,8-14,18,20,24H,4,6-7,15-16,26H2/b5-3+,22-9+. The first-order chi connectivity index (χ1) is 13.7. The van der Waals surface area contributed by atoms with Crippen LogP contribution in [0.2, 0.25) is 0 Å². The van der Waals surface area contributed by atoms with Gasteiger partial charge in [-0.05, 0) is 54.5 Å². The van der Waals surface area contributed by atoms with Crippen molar-refractivity contribution in [2.24, 2.45) is 11.8 Å². The molecule has 2 atom stereocenters. The zero-order valence-corrected chi connectivity index (χ0v) is 16.1. The number of nitrogen functional groups attached to an aromatic ring is 1. The molecule has 2 aromatic rings. The highest BCUT2D eigenvalue weighted by Crippen LogP contribution is 2.50. The van der Waals surface area contributed by atoms with Gasteiger partial charge in [-0.25, -0.2) is 0 Å². The Morgan fingerprint density at radius 2 is 1.75 bits per heavy atom. The molecule has 2 unspecified atom stereocenters. The Kier molecular flexibility index (Phi) is 4.31. The number of carbonyl (C=O) groups excluding carboxylic acids is 1. The average molecular weight is 370 g/mol. The SMILES string of the molecule is Nc1ccc(/C=C/C=C2/C(=O)N(C3CCC3C3CCC3)c3ccccc32)cc1. The molecule has 3 aliphatic rings. The predicted octanol–water partition coefficient (Wildman–Crippen LogP) is 5.29. The average Bonchev–Trinajstić information content (AvgIpc) is 2.91. The van der Waals surface area contributed by atoms with Crippen LogP contribution in [0.3, 0.4) is 0 Å². The van der Waals surface area contributed by atoms with Crippen LogP contribution >= 0.6 is 0 Å². The van der Waals surface area contributed by atoms with E-state index in [1.54, 1.807) is 0 Å². The van der Waals surface area contributed by atoms with Crippen LogP contribution in [0.5, 0.6) is 0 Å². The van der Waals surface area contributed by atoms with Crippen LogP contribution < -0.4 is 10.6 Å². The third-order valence-electron chi connectivity index (χ3n) is 6.77. The number of benzene rings is 2. The fourth-order valence-corrected chi connectivity index (χ4v) is 4.87. The highest BCUT2D eigenvalue weighted by atomic mass is 16.2. The minimum atomic E-state index is 0.164. The highest BCUT2D eigenvalue weighted by molar-refractivity contribution is 6.33. The smallest absolute Gasteiger partial charge is 0.259 e. The van der Waals surface area contributed by atoms with Crippen LogP contribution in [0.4, 0.5) is 11.4 Å². The van der Waals surface area contributed by atoms with Gasteiger partial charge in [0.15, 0.2) is 0 Å². The number of nitrogens with zero attached hydrogens (tertiary/aromatic N) is 1. The molecule has 1 heterocycles. The molecule has 3 nitrogen and oxygen atoms in total. The van der Waals surface area contributed by atoms with E-state index in [1.807, 2.05) is 54.6 Å². The van der Waals surface area contributed by atoms with Gasteiger partial charge in [0.1, 0.15) is 0 Å². The van der Waals surface area contributed by atoms with Gasteiger partial charge in [-0.15, -0.1) is 0 Å². The number of fused-ring (bicyclic) bond motifs is 1. The second-order valence-corrected chi connectivity index (χ2v) is 8.30. The molecule has 2 N–H and O–H groups in total. The monoisotopic (exact) mass is 370 g/mol. The largest absolute Gasteiger partial charge is 0.399 e. The van der Waals surface area contributed by atoms with Crippen LogP contribution in [0.15, 0.2) is 60.7 Å². The molecule has 2 aromatic carbocycles. The molecule has 1 aliphatic heterocycles. The minimum absolute atomic E-state index is 0.164. The Morgan fingerprint density at radius 3 is 2.43 bits per heavy atom. The van der Waals surface area contributed by atoms with Gasteiger partial charge in [-0.3, -0.25) is 4.79 Å². The summed E-state index contributed by atoms with van der Waals surface area (Å²) in [6.45, 7) is 0. The molecule has 142 valence electrons. The van der Waals surface area contributed by atoms with E-state index in [0.717, 1.165) is 40.4 Å². The van der Waals surface area contributed by atoms with Crippen molar-refractivity contribution in [2.75, 3.05) is 10.6 Å². The highest BCUT2D eigenvalue weighted by Gasteiger charge is 2.47. The second-order valence-electron chi connectivity index (χ2n) is 8.30. The molecule has 3 heteroatoms. The Labute approximate surface area is 166 Å². The van der Waals surface area contributed by atoms with E-state index >= 15 is 0 Å². The molecule has 5 rings (SSSR count). The molecule has 0 bridgehead atoms. The van der Waals surface area contributed by atoms with Crippen LogP contribution in [0.25, 0.3) is 11.6 Å². The lowest BCUT2D eigenvalue weighted by Crippen LogP contribution is -2.52. The van der Waals surface area contributed by atoms with Gasteiger partial charge in [0.25, 0.3) is 5.91 Å². The first kappa shape index (κ1) is 17.3. The van der Waals surface area contributed by atoms with E-state index in [2.05, 4.69) is 17.0 Å². The fourth-order valence-electron chi connectivity index (χ4n) is 4.87. The lowest BCUT2D eigenvalue weighted by atomic mass is 9.63. The van der Waals surface area contributed by atoms with Gasteiger partial charge in [-0.2, -0.15) is 0 Å². The summed E-state index contributed by atoms with van der Waals surface area (Å²) in [7, 11) is 0. The lowest BCUT2D eigenvalue weighted by Gasteiger charge is -2.49. The molecule has 0 radical (unpaired) electrons. The summed E-state index contributed by atoms with van der Waals surface area (Å²) >= 11 is 0. The normalized spacial score (nSPS) is 25.8. The molecular weight excluding hydrogens is 344 g/mol. The number of hydrogen-bond donors (Lipinski definition) is 1. The Hall–Kier alpha value is -2.81. The van der Waals surface area contributed by atoms with Gasteiger partial charge in [0, 0.05) is 22.9 Å². The van der Waals surface area contributed by atoms with E-state index in [-0.39, 0.29) is 5.91 Å². The maximum atomic E-state index is 13.4. The molecule has 2 fully saturated rings. The van der Waals surface area contributed by atoms with Crippen molar-refractivity contribution in [1.82, 2.24) is 0 Å². The van der Waals surface area contributed by atoms with E-state index in [1.165, 1.54) is 25.7 Å². The van der Waals surface area contributed by atoms with Crippen molar-refractivity contribution in [1.29, 1.82) is 0 Å². The zero-order valence-electron chi connectivity index (χ0n) is 16.1. The second kappa shape index (κ2) is 6.97. The third-order valence-corrected chi connectivity index (χ3v) is 6.77. The Bertz CT molecular complexity index is 953. The van der Waals surface area contributed by atoms with E-state index in [0.29, 0.717) is 12.0 Å². The van der Waals surface area contributed by atoms with Crippen molar-refractivity contribution in [3.63, 3.8) is 0 Å². The maximum absolute atomic E-state index is 13.4. The number of anilines is 2. The van der Waals surface area contributed by atoms with Gasteiger partial charge >= 0.3 is 0 Å². The van der Waals surface area contributed by atoms with Crippen molar-refractivity contribution in [3.05, 3.63) is 71.8 Å². The van der Waals surface area contributed by atoms with Crippen molar-refractivity contribution >= 4 is 28.9 Å². The number of amides is 1. The predicted molar refractivity (Wildman–Crippen MR) is 116 cm³/mol. The van der Waals surface area contributed by atoms with Gasteiger partial charge in [0.05, 0.1) is 5.69 Å². The molecule has 2 aliphatic carbocycles. The van der Waals surface area contributed by atoms with E-state index in [9.17, 15) is 4.79 Å². The summed E-state index contributed by atoms with van der Waals surface area (Å²) in [5.74, 6) is 1.68. The quantitative estimate of drug-likeness (QED) is 0.587. The molecule has 1 amide bonds. The third kappa shape index (κ3) is 2.86. The summed E-state index contributed by atoms with van der Waals surface area (Å²) in [6.07, 6.45) is 12.4. The van der Waals surface area contributed by atoms with Gasteiger partial charge < -0.3 is 10.6 Å². The Morgan fingerprint density at radius 1 is 0.964 bits per heavy atom. The number of allylic oxidation sites excluding steroid dienone is 2. The van der Waals surface area contributed by atoms with Crippen LogP contribution in [-0.4, -0.2) is 11.9 Å². The zero-order chi connectivity index (χ0) is 19.1. The van der Waals surface area contributed by atoms with Crippen LogP contribution in [0.1, 0.15) is 43.2 Å². The molecule has 28 heavy (non-hydrogen) atoms.